The SMILES string of the molecule is CCC(F)(F)Oc1ccc(F)c(CNC(=O)c2cn(CCC(F)Cn3cc(NC(=O)Cc4cccc(OC(F)(F)F)c4)nn3)nn2)c1. The Morgan fingerprint density at radius 2 is 1.70 bits per heavy atom. The van der Waals surface area contributed by atoms with E-state index < -0.39 is 48.4 Å². The molecule has 0 aliphatic rings. The van der Waals surface area contributed by atoms with Crippen LogP contribution in [0.1, 0.15) is 41.4 Å². The fourth-order valence-corrected chi connectivity index (χ4v) is 4.01. The smallest absolute Gasteiger partial charge is 0.433 e. The van der Waals surface area contributed by atoms with Crippen LogP contribution >= 0.6 is 0 Å². The molecule has 0 aliphatic heterocycles. The van der Waals surface area contributed by atoms with Gasteiger partial charge in [0.05, 0.1) is 25.4 Å². The molecule has 1 atom stereocenters. The molecular weight excluding hydrogens is 645 g/mol. The monoisotopic (exact) mass is 672 g/mol. The second-order valence-electron chi connectivity index (χ2n) is 10.0. The van der Waals surface area contributed by atoms with Crippen LogP contribution in [0.15, 0.2) is 54.9 Å². The lowest BCUT2D eigenvalue weighted by atomic mass is 10.1. The zero-order valence-electron chi connectivity index (χ0n) is 24.5. The second kappa shape index (κ2) is 14.9. The summed E-state index contributed by atoms with van der Waals surface area (Å²) in [5.41, 5.74) is -0.00139. The van der Waals surface area contributed by atoms with Crippen LogP contribution in [0.2, 0.25) is 0 Å². The largest absolute Gasteiger partial charge is 0.573 e. The van der Waals surface area contributed by atoms with E-state index in [1.54, 1.807) is 0 Å². The van der Waals surface area contributed by atoms with E-state index in [1.165, 1.54) is 36.1 Å². The van der Waals surface area contributed by atoms with Crippen molar-refractivity contribution < 1.29 is 49.8 Å². The van der Waals surface area contributed by atoms with Crippen LogP contribution in [0.5, 0.6) is 11.5 Å². The van der Waals surface area contributed by atoms with Crippen molar-refractivity contribution in [3.8, 4) is 11.5 Å². The number of nitrogens with zero attached hydrogens (tertiary/aromatic N) is 6. The van der Waals surface area contributed by atoms with Gasteiger partial charge in [0.25, 0.3) is 5.91 Å². The maximum Gasteiger partial charge on any atom is 0.573 e. The molecule has 47 heavy (non-hydrogen) atoms. The van der Waals surface area contributed by atoms with Crippen LogP contribution in [0.4, 0.5) is 36.6 Å². The number of rotatable bonds is 15. The number of ether oxygens (including phenoxy) is 2. The average Bonchev–Trinajstić information content (AvgIpc) is 3.65. The van der Waals surface area contributed by atoms with Crippen LogP contribution in [0.25, 0.3) is 0 Å². The summed E-state index contributed by atoms with van der Waals surface area (Å²) in [6.07, 6.45) is -8.22. The van der Waals surface area contributed by atoms with Crippen molar-refractivity contribution >= 4 is 17.6 Å². The molecule has 0 radical (unpaired) electrons. The number of aromatic nitrogens is 6. The molecule has 1 unspecified atom stereocenters. The van der Waals surface area contributed by atoms with E-state index in [0.29, 0.717) is 0 Å². The van der Waals surface area contributed by atoms with Gasteiger partial charge in [-0.3, -0.25) is 14.3 Å². The molecule has 0 saturated carbocycles. The minimum Gasteiger partial charge on any atom is -0.433 e. The molecule has 2 heterocycles. The summed E-state index contributed by atoms with van der Waals surface area (Å²) in [7, 11) is 0. The topological polar surface area (TPSA) is 138 Å². The van der Waals surface area contributed by atoms with Crippen LogP contribution < -0.4 is 20.1 Å². The number of anilines is 1. The van der Waals surface area contributed by atoms with Gasteiger partial charge in [-0.15, -0.1) is 23.4 Å². The highest BCUT2D eigenvalue weighted by atomic mass is 19.4. The van der Waals surface area contributed by atoms with Gasteiger partial charge < -0.3 is 20.1 Å². The van der Waals surface area contributed by atoms with Crippen molar-refractivity contribution in [2.24, 2.45) is 0 Å². The predicted octanol–water partition coefficient (Wildman–Crippen LogP) is 4.83. The van der Waals surface area contributed by atoms with Crippen molar-refractivity contribution in [2.45, 2.75) is 64.5 Å². The average molecular weight is 673 g/mol. The summed E-state index contributed by atoms with van der Waals surface area (Å²) in [6.45, 7) is 0.626. The lowest BCUT2D eigenvalue weighted by Gasteiger charge is -2.17. The van der Waals surface area contributed by atoms with Crippen molar-refractivity contribution in [1.82, 2.24) is 35.3 Å². The van der Waals surface area contributed by atoms with E-state index in [-0.39, 0.29) is 60.9 Å². The van der Waals surface area contributed by atoms with Gasteiger partial charge in [-0.2, -0.15) is 8.78 Å². The van der Waals surface area contributed by atoms with Crippen molar-refractivity contribution in [3.63, 3.8) is 0 Å². The quantitative estimate of drug-likeness (QED) is 0.172. The first-order valence-corrected chi connectivity index (χ1v) is 13.9. The summed E-state index contributed by atoms with van der Waals surface area (Å²) >= 11 is 0. The van der Waals surface area contributed by atoms with Crippen molar-refractivity contribution in [3.05, 3.63) is 77.5 Å². The highest BCUT2D eigenvalue weighted by molar-refractivity contribution is 5.92. The molecule has 0 saturated heterocycles. The Morgan fingerprint density at radius 1 is 0.957 bits per heavy atom. The number of carbonyl (C=O) groups is 2. The first-order chi connectivity index (χ1) is 22.2. The van der Waals surface area contributed by atoms with Crippen LogP contribution in [-0.2, 0) is 30.8 Å². The molecule has 252 valence electrons. The van der Waals surface area contributed by atoms with E-state index in [0.717, 1.165) is 35.0 Å². The number of benzene rings is 2. The maximum absolute atomic E-state index is 14.7. The first-order valence-electron chi connectivity index (χ1n) is 13.9. The number of carbonyl (C=O) groups excluding carboxylic acids is 2. The van der Waals surface area contributed by atoms with Gasteiger partial charge in [0, 0.05) is 31.5 Å². The normalized spacial score (nSPS) is 12.4. The summed E-state index contributed by atoms with van der Waals surface area (Å²) in [4.78, 5) is 24.8. The van der Waals surface area contributed by atoms with Gasteiger partial charge in [0.1, 0.15) is 23.5 Å². The summed E-state index contributed by atoms with van der Waals surface area (Å²) in [5.74, 6) is -2.84. The van der Waals surface area contributed by atoms with Gasteiger partial charge in [-0.25, -0.2) is 13.5 Å². The summed E-state index contributed by atoms with van der Waals surface area (Å²) in [5, 5.41) is 19.8. The molecule has 0 spiro atoms. The van der Waals surface area contributed by atoms with Crippen molar-refractivity contribution in [1.29, 1.82) is 0 Å². The highest BCUT2D eigenvalue weighted by Crippen LogP contribution is 2.26. The number of hydrogen-bond donors (Lipinski definition) is 2. The highest BCUT2D eigenvalue weighted by Gasteiger charge is 2.31. The fraction of sp³-hybridized carbons (Fsp3) is 0.357. The Hall–Kier alpha value is -5.23. The Bertz CT molecular complexity index is 1680. The number of aryl methyl sites for hydroxylation is 1. The zero-order valence-corrected chi connectivity index (χ0v) is 24.5. The molecule has 2 amide bonds. The Balaban J connectivity index is 1.21. The molecule has 0 fully saturated rings. The van der Waals surface area contributed by atoms with Gasteiger partial charge >= 0.3 is 12.5 Å². The number of amides is 2. The predicted molar refractivity (Wildman–Crippen MR) is 148 cm³/mol. The number of nitrogens with one attached hydrogen (secondary N) is 2. The maximum atomic E-state index is 14.7. The third-order valence-electron chi connectivity index (χ3n) is 6.27. The van der Waals surface area contributed by atoms with Crippen LogP contribution in [0.3, 0.4) is 0 Å². The molecule has 2 aromatic carbocycles. The molecule has 0 bridgehead atoms. The van der Waals surface area contributed by atoms with Gasteiger partial charge in [0.2, 0.25) is 5.91 Å². The van der Waals surface area contributed by atoms with Gasteiger partial charge in [-0.1, -0.05) is 29.5 Å². The number of halogens is 7. The summed E-state index contributed by atoms with van der Waals surface area (Å²) < 4.78 is 104. The van der Waals surface area contributed by atoms with E-state index in [9.17, 15) is 40.3 Å². The number of hydrogen-bond acceptors (Lipinski definition) is 8. The van der Waals surface area contributed by atoms with Crippen LogP contribution in [0, 0.1) is 5.82 Å². The Morgan fingerprint density at radius 3 is 2.45 bits per heavy atom. The molecule has 2 aromatic heterocycles. The van der Waals surface area contributed by atoms with E-state index >= 15 is 0 Å². The molecule has 12 nitrogen and oxygen atoms in total. The van der Waals surface area contributed by atoms with Crippen molar-refractivity contribution in [2.75, 3.05) is 5.32 Å². The second-order valence-corrected chi connectivity index (χ2v) is 10.0. The Labute approximate surface area is 261 Å². The molecule has 2 N–H and O–H groups in total. The lowest BCUT2D eigenvalue weighted by Crippen LogP contribution is -2.25. The molecule has 4 aromatic rings. The molecule has 0 aliphatic carbocycles. The summed E-state index contributed by atoms with van der Waals surface area (Å²) in [6, 6.07) is 7.94. The minimum atomic E-state index is -4.88. The minimum absolute atomic E-state index is 0.00476. The third-order valence-corrected chi connectivity index (χ3v) is 6.27. The standard InChI is InChI=1S/C28H27F7N8O4/c1-2-27(31,32)46-21-6-7-22(30)18(12-21)13-36-26(45)23-15-42(40-38-23)9-8-19(29)14-43-16-24(39-41-43)37-25(44)11-17-4-3-5-20(10-17)47-28(33,34)35/h3-7,10,12,15-16,19H,2,8-9,11,13-14H2,1H3,(H,36,45)(H,37,44). The molecule has 19 heteroatoms. The number of alkyl halides is 6. The van der Waals surface area contributed by atoms with Gasteiger partial charge in [0.15, 0.2) is 11.5 Å². The van der Waals surface area contributed by atoms with E-state index in [2.05, 4.69) is 40.7 Å². The van der Waals surface area contributed by atoms with Gasteiger partial charge in [-0.05, 0) is 35.9 Å². The van der Waals surface area contributed by atoms with E-state index in [1.807, 2.05) is 0 Å². The molecular formula is C28H27F7N8O4. The Kier molecular flexibility index (Phi) is 11.0. The van der Waals surface area contributed by atoms with E-state index in [4.69, 9.17) is 0 Å². The fourth-order valence-electron chi connectivity index (χ4n) is 4.01. The third kappa shape index (κ3) is 11.0. The zero-order chi connectivity index (χ0) is 34.2. The van der Waals surface area contributed by atoms with Crippen LogP contribution in [-0.4, -0.2) is 60.4 Å². The first kappa shape index (κ1) is 34.6. The molecule has 4 rings (SSSR count). The lowest BCUT2D eigenvalue weighted by molar-refractivity contribution is -0.274.